The van der Waals surface area contributed by atoms with Crippen molar-refractivity contribution in [3.8, 4) is 0 Å². The van der Waals surface area contributed by atoms with Crippen molar-refractivity contribution in [1.82, 2.24) is 4.98 Å². The molecule has 1 fully saturated rings. The van der Waals surface area contributed by atoms with E-state index in [1.54, 1.807) is 12.3 Å². The average molecular weight is 367 g/mol. The Bertz CT molecular complexity index is 714. The highest BCUT2D eigenvalue weighted by atomic mass is 35.5. The highest BCUT2D eigenvalue weighted by Gasteiger charge is 2.21. The third-order valence-corrected chi connectivity index (χ3v) is 5.23. The lowest BCUT2D eigenvalue weighted by Crippen LogP contribution is -2.24. The number of nitro groups is 1. The van der Waals surface area contributed by atoms with Crippen molar-refractivity contribution in [2.45, 2.75) is 32.2 Å². The summed E-state index contributed by atoms with van der Waals surface area (Å²) >= 11 is 7.21. The second-order valence-electron chi connectivity index (χ2n) is 5.79. The fourth-order valence-electron chi connectivity index (χ4n) is 2.91. The number of halogens is 1. The number of hydrogen-bond acceptors (Lipinski definition) is 6. The molecule has 0 radical (unpaired) electrons. The summed E-state index contributed by atoms with van der Waals surface area (Å²) < 4.78 is 0.495. The molecule has 0 amide bonds. The number of nitro benzene ring substituents is 1. The van der Waals surface area contributed by atoms with Gasteiger partial charge in [-0.25, -0.2) is 4.98 Å². The van der Waals surface area contributed by atoms with E-state index in [0.29, 0.717) is 16.7 Å². The van der Waals surface area contributed by atoms with Gasteiger partial charge in [0.2, 0.25) is 0 Å². The van der Waals surface area contributed by atoms with Crippen molar-refractivity contribution in [3.05, 3.63) is 43.9 Å². The van der Waals surface area contributed by atoms with Crippen LogP contribution in [0.4, 0.5) is 17.1 Å². The quantitative estimate of drug-likeness (QED) is 0.613. The molecule has 2 aromatic rings. The van der Waals surface area contributed by atoms with Crippen LogP contribution in [0.15, 0.2) is 24.4 Å². The molecule has 2 heterocycles. The summed E-state index contributed by atoms with van der Waals surface area (Å²) in [4.78, 5) is 18.3. The lowest BCUT2D eigenvalue weighted by atomic mass is 10.2. The summed E-state index contributed by atoms with van der Waals surface area (Å²) in [6, 6.07) is 5.37. The standard InChI is InChI=1S/C16H19ClN4O2S/c17-16-19-11-13(24-16)10-18-12-5-6-14(15(9-12)21(22)23)20-7-3-1-2-4-8-20/h5-6,9,11,18H,1-4,7-8,10H2. The Labute approximate surface area is 149 Å². The smallest absolute Gasteiger partial charge is 0.294 e. The number of aromatic nitrogens is 1. The Hall–Kier alpha value is -1.86. The van der Waals surface area contributed by atoms with E-state index in [1.807, 2.05) is 12.1 Å². The van der Waals surface area contributed by atoms with Crippen LogP contribution in [0, 0.1) is 10.1 Å². The predicted octanol–water partition coefficient (Wildman–Crippen LogP) is 4.70. The van der Waals surface area contributed by atoms with Gasteiger partial charge in [-0.2, -0.15) is 0 Å². The highest BCUT2D eigenvalue weighted by molar-refractivity contribution is 7.15. The largest absolute Gasteiger partial charge is 0.380 e. The van der Waals surface area contributed by atoms with Crippen LogP contribution in [0.1, 0.15) is 30.6 Å². The monoisotopic (exact) mass is 366 g/mol. The van der Waals surface area contributed by atoms with Crippen molar-refractivity contribution in [3.63, 3.8) is 0 Å². The van der Waals surface area contributed by atoms with Crippen molar-refractivity contribution >= 4 is 40.0 Å². The maximum atomic E-state index is 11.5. The van der Waals surface area contributed by atoms with Gasteiger partial charge in [-0.05, 0) is 25.0 Å². The van der Waals surface area contributed by atoms with E-state index >= 15 is 0 Å². The van der Waals surface area contributed by atoms with E-state index in [-0.39, 0.29) is 10.6 Å². The molecule has 0 bridgehead atoms. The number of hydrogen-bond donors (Lipinski definition) is 1. The zero-order valence-electron chi connectivity index (χ0n) is 13.2. The minimum absolute atomic E-state index is 0.157. The van der Waals surface area contributed by atoms with Crippen molar-refractivity contribution in [2.75, 3.05) is 23.3 Å². The summed E-state index contributed by atoms with van der Waals surface area (Å²) in [5, 5.41) is 14.7. The molecule has 1 aliphatic rings. The molecule has 1 aromatic carbocycles. The van der Waals surface area contributed by atoms with Gasteiger partial charge in [0.15, 0.2) is 4.47 Å². The van der Waals surface area contributed by atoms with E-state index in [9.17, 15) is 10.1 Å². The van der Waals surface area contributed by atoms with Crippen molar-refractivity contribution in [2.24, 2.45) is 0 Å². The van der Waals surface area contributed by atoms with E-state index in [2.05, 4.69) is 15.2 Å². The third-order valence-electron chi connectivity index (χ3n) is 4.11. The van der Waals surface area contributed by atoms with E-state index in [1.165, 1.54) is 24.2 Å². The van der Waals surface area contributed by atoms with E-state index in [4.69, 9.17) is 11.6 Å². The normalized spacial score (nSPS) is 15.1. The zero-order chi connectivity index (χ0) is 16.9. The molecule has 1 aliphatic heterocycles. The van der Waals surface area contributed by atoms with Gasteiger partial charge in [-0.15, -0.1) is 11.3 Å². The summed E-state index contributed by atoms with van der Waals surface area (Å²) in [6.07, 6.45) is 6.27. The molecule has 1 N–H and O–H groups in total. The Balaban J connectivity index is 1.77. The average Bonchev–Trinajstić information content (AvgIpc) is 2.83. The molecule has 8 heteroatoms. The van der Waals surface area contributed by atoms with Gasteiger partial charge in [0, 0.05) is 35.9 Å². The second-order valence-corrected chi connectivity index (χ2v) is 7.49. The first-order valence-electron chi connectivity index (χ1n) is 8.01. The summed E-state index contributed by atoms with van der Waals surface area (Å²) in [7, 11) is 0. The number of rotatable bonds is 5. The second kappa shape index (κ2) is 7.81. The van der Waals surface area contributed by atoms with Crippen LogP contribution in [0.25, 0.3) is 0 Å². The third kappa shape index (κ3) is 4.15. The first-order valence-corrected chi connectivity index (χ1v) is 9.20. The molecule has 0 spiro atoms. The molecule has 3 rings (SSSR count). The SMILES string of the molecule is O=[N+]([O-])c1cc(NCc2cnc(Cl)s2)ccc1N1CCCCCC1. The molecular formula is C16H19ClN4O2S. The molecular weight excluding hydrogens is 348 g/mol. The Kier molecular flexibility index (Phi) is 5.52. The van der Waals surface area contributed by atoms with Gasteiger partial charge in [-0.3, -0.25) is 10.1 Å². The first kappa shape index (κ1) is 17.0. The molecule has 1 saturated heterocycles. The van der Waals surface area contributed by atoms with Crippen molar-refractivity contribution in [1.29, 1.82) is 0 Å². The maximum Gasteiger partial charge on any atom is 0.294 e. The highest BCUT2D eigenvalue weighted by Crippen LogP contribution is 2.33. The summed E-state index contributed by atoms with van der Waals surface area (Å²) in [5.74, 6) is 0. The number of nitrogens with zero attached hydrogens (tertiary/aromatic N) is 3. The number of nitrogens with one attached hydrogen (secondary N) is 1. The zero-order valence-corrected chi connectivity index (χ0v) is 14.8. The lowest BCUT2D eigenvalue weighted by molar-refractivity contribution is -0.384. The van der Waals surface area contributed by atoms with E-state index in [0.717, 1.165) is 36.5 Å². The fourth-order valence-corrected chi connectivity index (χ4v) is 3.83. The van der Waals surface area contributed by atoms with Crippen LogP contribution in [-0.2, 0) is 6.54 Å². The van der Waals surface area contributed by atoms with Crippen LogP contribution in [-0.4, -0.2) is 23.0 Å². The molecule has 128 valence electrons. The fraction of sp³-hybridized carbons (Fsp3) is 0.438. The predicted molar refractivity (Wildman–Crippen MR) is 98.2 cm³/mol. The Morgan fingerprint density at radius 2 is 2.04 bits per heavy atom. The maximum absolute atomic E-state index is 11.5. The number of thiazole rings is 1. The van der Waals surface area contributed by atoms with Crippen LogP contribution in [0.2, 0.25) is 4.47 Å². The molecule has 1 aromatic heterocycles. The van der Waals surface area contributed by atoms with Gasteiger partial charge in [0.05, 0.1) is 11.5 Å². The Morgan fingerprint density at radius 3 is 2.67 bits per heavy atom. The van der Waals surface area contributed by atoms with Gasteiger partial charge in [0.25, 0.3) is 5.69 Å². The van der Waals surface area contributed by atoms with Gasteiger partial charge in [0.1, 0.15) is 5.69 Å². The summed E-state index contributed by atoms with van der Waals surface area (Å²) in [6.45, 7) is 2.31. The topological polar surface area (TPSA) is 71.3 Å². The molecule has 0 unspecified atom stereocenters. The molecule has 0 atom stereocenters. The van der Waals surface area contributed by atoms with Crippen LogP contribution in [0.5, 0.6) is 0 Å². The minimum atomic E-state index is -0.297. The number of benzene rings is 1. The van der Waals surface area contributed by atoms with Crippen LogP contribution in [0.3, 0.4) is 0 Å². The van der Waals surface area contributed by atoms with Crippen LogP contribution >= 0.6 is 22.9 Å². The van der Waals surface area contributed by atoms with Gasteiger partial charge < -0.3 is 10.2 Å². The first-order chi connectivity index (χ1) is 11.6. The Morgan fingerprint density at radius 1 is 1.29 bits per heavy atom. The molecule has 6 nitrogen and oxygen atoms in total. The lowest BCUT2D eigenvalue weighted by Gasteiger charge is -2.22. The minimum Gasteiger partial charge on any atom is -0.380 e. The molecule has 24 heavy (non-hydrogen) atoms. The van der Waals surface area contributed by atoms with Crippen LogP contribution < -0.4 is 10.2 Å². The van der Waals surface area contributed by atoms with Gasteiger partial charge >= 0.3 is 0 Å². The number of anilines is 2. The molecule has 0 aliphatic carbocycles. The summed E-state index contributed by atoms with van der Waals surface area (Å²) in [5.41, 5.74) is 1.60. The van der Waals surface area contributed by atoms with Crippen molar-refractivity contribution < 1.29 is 4.92 Å². The van der Waals surface area contributed by atoms with Gasteiger partial charge in [-0.1, -0.05) is 24.4 Å². The molecule has 0 saturated carbocycles. The van der Waals surface area contributed by atoms with E-state index < -0.39 is 0 Å².